The lowest BCUT2D eigenvalue weighted by Crippen LogP contribution is -2.28. The van der Waals surface area contributed by atoms with E-state index in [9.17, 15) is 8.78 Å². The van der Waals surface area contributed by atoms with Crippen LogP contribution in [0.4, 0.5) is 20.4 Å². The van der Waals surface area contributed by atoms with Crippen LogP contribution in [0.2, 0.25) is 0 Å². The van der Waals surface area contributed by atoms with E-state index in [1.807, 2.05) is 13.8 Å². The molecule has 0 bridgehead atoms. The number of aliphatic hydroxyl groups is 1. The van der Waals surface area contributed by atoms with Crippen molar-refractivity contribution < 1.29 is 13.9 Å². The summed E-state index contributed by atoms with van der Waals surface area (Å²) in [6, 6.07) is 0.550. The molecule has 0 saturated carbocycles. The van der Waals surface area contributed by atoms with E-state index in [1.54, 1.807) is 0 Å². The molecule has 0 aliphatic rings. The van der Waals surface area contributed by atoms with Crippen LogP contribution in [0.5, 0.6) is 0 Å². The summed E-state index contributed by atoms with van der Waals surface area (Å²) in [5.74, 6) is 3.27. The van der Waals surface area contributed by atoms with Gasteiger partial charge >= 0.3 is 0 Å². The monoisotopic (exact) mass is 260 g/mol. The zero-order chi connectivity index (χ0) is 13.7. The van der Waals surface area contributed by atoms with E-state index in [0.717, 1.165) is 0 Å². The quantitative estimate of drug-likeness (QED) is 0.460. The SMILES string of the molecule is CC(C)C(CCO)Nc1nc(NN)c(F)cc1F. The second-order valence-corrected chi connectivity index (χ2v) is 4.30. The highest BCUT2D eigenvalue weighted by molar-refractivity contribution is 5.47. The molecule has 5 nitrogen and oxygen atoms in total. The maximum atomic E-state index is 13.5. The van der Waals surface area contributed by atoms with Gasteiger partial charge in [-0.3, -0.25) is 0 Å². The molecule has 0 saturated heterocycles. The first-order chi connectivity index (χ1) is 8.49. The number of hydrogen-bond donors (Lipinski definition) is 4. The highest BCUT2D eigenvalue weighted by atomic mass is 19.1. The van der Waals surface area contributed by atoms with Crippen molar-refractivity contribution >= 4 is 11.6 Å². The smallest absolute Gasteiger partial charge is 0.178 e. The summed E-state index contributed by atoms with van der Waals surface area (Å²) in [4.78, 5) is 3.72. The van der Waals surface area contributed by atoms with Crippen molar-refractivity contribution in [1.82, 2.24) is 4.98 Å². The maximum Gasteiger partial charge on any atom is 0.178 e. The van der Waals surface area contributed by atoms with Crippen LogP contribution in [0.15, 0.2) is 6.07 Å². The number of nitrogens with one attached hydrogen (secondary N) is 2. The number of hydrazine groups is 1. The van der Waals surface area contributed by atoms with E-state index in [0.29, 0.717) is 12.5 Å². The molecule has 1 unspecified atom stereocenters. The van der Waals surface area contributed by atoms with Gasteiger partial charge in [-0.25, -0.2) is 19.6 Å². The van der Waals surface area contributed by atoms with Gasteiger partial charge in [0.15, 0.2) is 23.3 Å². The minimum absolute atomic E-state index is 0.0271. The minimum Gasteiger partial charge on any atom is -0.396 e. The number of rotatable bonds is 6. The number of nitrogen functional groups attached to an aromatic ring is 1. The third kappa shape index (κ3) is 3.51. The predicted octanol–water partition coefficient (Wildman–Crippen LogP) is 1.46. The summed E-state index contributed by atoms with van der Waals surface area (Å²) in [5, 5.41) is 11.8. The number of pyridine rings is 1. The normalized spacial score (nSPS) is 12.6. The molecule has 0 spiro atoms. The Morgan fingerprint density at radius 1 is 1.33 bits per heavy atom. The number of hydrogen-bond acceptors (Lipinski definition) is 5. The maximum absolute atomic E-state index is 13.5. The summed E-state index contributed by atoms with van der Waals surface area (Å²) in [5.41, 5.74) is 2.06. The summed E-state index contributed by atoms with van der Waals surface area (Å²) in [6.07, 6.45) is 0.446. The Morgan fingerprint density at radius 3 is 2.44 bits per heavy atom. The second-order valence-electron chi connectivity index (χ2n) is 4.30. The van der Waals surface area contributed by atoms with Crippen LogP contribution < -0.4 is 16.6 Å². The van der Waals surface area contributed by atoms with Crippen LogP contribution in [0.3, 0.4) is 0 Å². The fraction of sp³-hybridized carbons (Fsp3) is 0.545. The van der Waals surface area contributed by atoms with Gasteiger partial charge in [0.1, 0.15) is 0 Å². The molecule has 1 rings (SSSR count). The van der Waals surface area contributed by atoms with Crippen LogP contribution in [-0.2, 0) is 0 Å². The summed E-state index contributed by atoms with van der Waals surface area (Å²) in [7, 11) is 0. The van der Waals surface area contributed by atoms with Crippen LogP contribution in [0, 0.1) is 17.6 Å². The van der Waals surface area contributed by atoms with E-state index in [-0.39, 0.29) is 30.2 Å². The Balaban J connectivity index is 2.94. The first-order valence-electron chi connectivity index (χ1n) is 5.69. The van der Waals surface area contributed by atoms with Crippen molar-refractivity contribution in [2.45, 2.75) is 26.3 Å². The zero-order valence-electron chi connectivity index (χ0n) is 10.4. The molecular formula is C11H18F2N4O. The molecule has 1 atom stereocenters. The third-order valence-corrected chi connectivity index (χ3v) is 2.63. The average molecular weight is 260 g/mol. The largest absolute Gasteiger partial charge is 0.396 e. The van der Waals surface area contributed by atoms with Crippen molar-refractivity contribution in [2.24, 2.45) is 11.8 Å². The van der Waals surface area contributed by atoms with Crippen LogP contribution in [0.1, 0.15) is 20.3 Å². The predicted molar refractivity (Wildman–Crippen MR) is 65.9 cm³/mol. The lowest BCUT2D eigenvalue weighted by molar-refractivity contribution is 0.267. The van der Waals surface area contributed by atoms with Crippen LogP contribution >= 0.6 is 0 Å². The van der Waals surface area contributed by atoms with E-state index >= 15 is 0 Å². The van der Waals surface area contributed by atoms with Crippen LogP contribution in [-0.4, -0.2) is 22.7 Å². The van der Waals surface area contributed by atoms with Gasteiger partial charge in [0, 0.05) is 18.7 Å². The molecule has 0 aliphatic carbocycles. The fourth-order valence-corrected chi connectivity index (χ4v) is 1.56. The van der Waals surface area contributed by atoms with Crippen molar-refractivity contribution in [3.63, 3.8) is 0 Å². The fourth-order valence-electron chi connectivity index (χ4n) is 1.56. The molecule has 1 heterocycles. The number of nitrogens with zero attached hydrogens (tertiary/aromatic N) is 1. The van der Waals surface area contributed by atoms with E-state index in [2.05, 4.69) is 15.7 Å². The molecule has 0 aromatic carbocycles. The van der Waals surface area contributed by atoms with E-state index in [4.69, 9.17) is 10.9 Å². The number of anilines is 2. The second kappa shape index (κ2) is 6.46. The number of nitrogens with two attached hydrogens (primary N) is 1. The molecule has 0 fully saturated rings. The number of halogens is 2. The van der Waals surface area contributed by atoms with Gasteiger partial charge in [0.05, 0.1) is 0 Å². The Hall–Kier alpha value is -1.47. The molecule has 0 aliphatic heterocycles. The summed E-state index contributed by atoms with van der Waals surface area (Å²) in [6.45, 7) is 3.83. The molecule has 5 N–H and O–H groups in total. The highest BCUT2D eigenvalue weighted by Gasteiger charge is 2.17. The lowest BCUT2D eigenvalue weighted by Gasteiger charge is -2.22. The standard InChI is InChI=1S/C11H18F2N4O/c1-6(2)9(3-4-18)15-10-7(12)5-8(13)11(16-10)17-14/h5-6,9,18H,3-4,14H2,1-2H3,(H2,15,16,17). The van der Waals surface area contributed by atoms with Crippen LogP contribution in [0.25, 0.3) is 0 Å². The van der Waals surface area contributed by atoms with Gasteiger partial charge in [-0.2, -0.15) is 0 Å². The van der Waals surface area contributed by atoms with E-state index < -0.39 is 11.6 Å². The summed E-state index contributed by atoms with van der Waals surface area (Å²) < 4.78 is 26.7. The van der Waals surface area contributed by atoms with Gasteiger partial charge < -0.3 is 15.8 Å². The van der Waals surface area contributed by atoms with Crippen molar-refractivity contribution in [3.05, 3.63) is 17.7 Å². The molecule has 1 aromatic rings. The van der Waals surface area contributed by atoms with Gasteiger partial charge in [0.2, 0.25) is 0 Å². The Bertz CT molecular complexity index is 401. The van der Waals surface area contributed by atoms with Gasteiger partial charge in [-0.15, -0.1) is 0 Å². The van der Waals surface area contributed by atoms with Gasteiger partial charge in [0.25, 0.3) is 0 Å². The van der Waals surface area contributed by atoms with E-state index in [1.165, 1.54) is 0 Å². The van der Waals surface area contributed by atoms with Crippen molar-refractivity contribution in [2.75, 3.05) is 17.3 Å². The lowest BCUT2D eigenvalue weighted by atomic mass is 10.0. The first kappa shape index (κ1) is 14.6. The third-order valence-electron chi connectivity index (χ3n) is 2.63. The first-order valence-corrected chi connectivity index (χ1v) is 5.69. The zero-order valence-corrected chi connectivity index (χ0v) is 10.4. The van der Waals surface area contributed by atoms with Crippen molar-refractivity contribution in [1.29, 1.82) is 0 Å². The molecule has 0 amide bonds. The average Bonchev–Trinajstić information content (AvgIpc) is 2.31. The van der Waals surface area contributed by atoms with Gasteiger partial charge in [-0.1, -0.05) is 13.8 Å². The topological polar surface area (TPSA) is 83.2 Å². The summed E-state index contributed by atoms with van der Waals surface area (Å²) >= 11 is 0. The highest BCUT2D eigenvalue weighted by Crippen LogP contribution is 2.21. The Kier molecular flexibility index (Phi) is 5.24. The number of aliphatic hydroxyl groups excluding tert-OH is 1. The Morgan fingerprint density at radius 2 is 1.94 bits per heavy atom. The van der Waals surface area contributed by atoms with Crippen molar-refractivity contribution in [3.8, 4) is 0 Å². The molecule has 7 heteroatoms. The number of aromatic nitrogens is 1. The molecule has 102 valence electrons. The molecule has 1 aromatic heterocycles. The minimum atomic E-state index is -0.858. The molecule has 18 heavy (non-hydrogen) atoms. The Labute approximate surface area is 104 Å². The van der Waals surface area contributed by atoms with Gasteiger partial charge in [-0.05, 0) is 12.3 Å². The molecule has 0 radical (unpaired) electrons. The molecular weight excluding hydrogens is 242 g/mol.